The van der Waals surface area contributed by atoms with Crippen molar-refractivity contribution in [1.82, 2.24) is 9.97 Å². The molecule has 0 saturated heterocycles. The van der Waals surface area contributed by atoms with E-state index >= 15 is 0 Å². The zero-order valence-electron chi connectivity index (χ0n) is 15.1. The van der Waals surface area contributed by atoms with Crippen molar-refractivity contribution < 1.29 is 14.3 Å². The molecule has 27 heavy (non-hydrogen) atoms. The van der Waals surface area contributed by atoms with Gasteiger partial charge in [0.05, 0.1) is 23.0 Å². The molecule has 0 aliphatic carbocycles. The lowest BCUT2D eigenvalue weighted by Crippen LogP contribution is -2.19. The molecule has 2 aromatic heterocycles. The van der Waals surface area contributed by atoms with E-state index in [1.54, 1.807) is 55.7 Å². The SMILES string of the molecule is C=CCC(OC(N)=O)c1cc(-c2ncccc2NC(=O)C(C)C=C)ccn1. The molecule has 7 heteroatoms. The number of hydrogen-bond acceptors (Lipinski definition) is 5. The first-order valence-electron chi connectivity index (χ1n) is 8.38. The number of nitrogens with zero attached hydrogens (tertiary/aromatic N) is 2. The van der Waals surface area contributed by atoms with Gasteiger partial charge in [-0.15, -0.1) is 13.2 Å². The summed E-state index contributed by atoms with van der Waals surface area (Å²) < 4.78 is 5.11. The largest absolute Gasteiger partial charge is 0.440 e. The summed E-state index contributed by atoms with van der Waals surface area (Å²) in [5.74, 6) is -0.526. The number of primary amides is 1. The number of amides is 2. The van der Waals surface area contributed by atoms with Crippen LogP contribution in [0, 0.1) is 5.92 Å². The smallest absolute Gasteiger partial charge is 0.405 e. The molecule has 0 aliphatic rings. The van der Waals surface area contributed by atoms with Gasteiger partial charge in [0.15, 0.2) is 0 Å². The molecule has 0 radical (unpaired) electrons. The molecule has 0 bridgehead atoms. The molecular formula is C20H22N4O3. The molecule has 2 aromatic rings. The van der Waals surface area contributed by atoms with Crippen LogP contribution in [-0.4, -0.2) is 22.0 Å². The Morgan fingerprint density at radius 3 is 2.74 bits per heavy atom. The Hall–Kier alpha value is -3.48. The van der Waals surface area contributed by atoms with Crippen LogP contribution in [0.25, 0.3) is 11.3 Å². The molecule has 140 valence electrons. The van der Waals surface area contributed by atoms with Crippen molar-refractivity contribution in [2.45, 2.75) is 19.4 Å². The topological polar surface area (TPSA) is 107 Å². The summed E-state index contributed by atoms with van der Waals surface area (Å²) >= 11 is 0. The minimum Gasteiger partial charge on any atom is -0.440 e. The number of nitrogens with two attached hydrogens (primary N) is 1. The van der Waals surface area contributed by atoms with E-state index < -0.39 is 12.2 Å². The van der Waals surface area contributed by atoms with E-state index in [-0.39, 0.29) is 11.8 Å². The van der Waals surface area contributed by atoms with E-state index in [0.29, 0.717) is 29.1 Å². The fourth-order valence-electron chi connectivity index (χ4n) is 2.38. The van der Waals surface area contributed by atoms with Gasteiger partial charge in [0.2, 0.25) is 5.91 Å². The number of pyridine rings is 2. The number of aromatic nitrogens is 2. The third-order valence-electron chi connectivity index (χ3n) is 3.86. The quantitative estimate of drug-likeness (QED) is 0.694. The number of carbonyl (C=O) groups is 2. The van der Waals surface area contributed by atoms with Crippen LogP contribution < -0.4 is 11.1 Å². The van der Waals surface area contributed by atoms with Crippen molar-refractivity contribution >= 4 is 17.7 Å². The zero-order chi connectivity index (χ0) is 19.8. The summed E-state index contributed by atoms with van der Waals surface area (Å²) in [6.45, 7) is 9.04. The molecule has 0 aliphatic heterocycles. The fourth-order valence-corrected chi connectivity index (χ4v) is 2.38. The molecule has 7 nitrogen and oxygen atoms in total. The Bertz CT molecular complexity index is 851. The number of nitrogens with one attached hydrogen (secondary N) is 1. The first-order chi connectivity index (χ1) is 13.0. The maximum absolute atomic E-state index is 12.2. The monoisotopic (exact) mass is 366 g/mol. The number of rotatable bonds is 8. The second kappa shape index (κ2) is 9.28. The van der Waals surface area contributed by atoms with Crippen molar-refractivity contribution in [3.05, 3.63) is 67.7 Å². The second-order valence-electron chi connectivity index (χ2n) is 5.83. The molecule has 3 N–H and O–H groups in total. The maximum Gasteiger partial charge on any atom is 0.405 e. The van der Waals surface area contributed by atoms with Crippen LogP contribution in [0.1, 0.15) is 25.1 Å². The average molecular weight is 366 g/mol. The van der Waals surface area contributed by atoms with Gasteiger partial charge in [-0.3, -0.25) is 14.8 Å². The minimum absolute atomic E-state index is 0.185. The maximum atomic E-state index is 12.2. The summed E-state index contributed by atoms with van der Waals surface area (Å²) in [5.41, 5.74) is 7.49. The van der Waals surface area contributed by atoms with Gasteiger partial charge in [-0.2, -0.15) is 0 Å². The molecular weight excluding hydrogens is 344 g/mol. The Labute approximate surface area is 158 Å². The van der Waals surface area contributed by atoms with Gasteiger partial charge in [0, 0.05) is 24.4 Å². The van der Waals surface area contributed by atoms with Crippen molar-refractivity contribution in [1.29, 1.82) is 0 Å². The molecule has 2 heterocycles. The number of ether oxygens (including phenoxy) is 1. The van der Waals surface area contributed by atoms with Crippen LogP contribution in [0.2, 0.25) is 0 Å². The van der Waals surface area contributed by atoms with Gasteiger partial charge in [0.25, 0.3) is 0 Å². The van der Waals surface area contributed by atoms with Crippen LogP contribution in [0.3, 0.4) is 0 Å². The molecule has 0 spiro atoms. The van der Waals surface area contributed by atoms with Gasteiger partial charge in [-0.25, -0.2) is 4.79 Å². The van der Waals surface area contributed by atoms with Crippen molar-refractivity contribution in [3.8, 4) is 11.3 Å². The Kier molecular flexibility index (Phi) is 6.82. The normalized spacial score (nSPS) is 12.5. The summed E-state index contributed by atoms with van der Waals surface area (Å²) in [7, 11) is 0. The van der Waals surface area contributed by atoms with E-state index in [9.17, 15) is 9.59 Å². The predicted molar refractivity (Wildman–Crippen MR) is 104 cm³/mol. The Morgan fingerprint density at radius 2 is 2.07 bits per heavy atom. The highest BCUT2D eigenvalue weighted by Crippen LogP contribution is 2.29. The van der Waals surface area contributed by atoms with Gasteiger partial charge in [0.1, 0.15) is 6.10 Å². The predicted octanol–water partition coefficient (Wildman–Crippen LogP) is 3.62. The summed E-state index contributed by atoms with van der Waals surface area (Å²) in [4.78, 5) is 32.0. The van der Waals surface area contributed by atoms with E-state index in [1.807, 2.05) is 0 Å². The number of anilines is 1. The van der Waals surface area contributed by atoms with Crippen LogP contribution >= 0.6 is 0 Å². The standard InChI is InChI=1S/C20H22N4O3/c1-4-7-17(27-20(21)26)16-12-14(9-11-22-16)18-15(8-6-10-23-18)24-19(25)13(3)5-2/h4-6,8-13,17H,1-2,7H2,3H3,(H2,21,26)(H,24,25). The average Bonchev–Trinajstić information content (AvgIpc) is 2.67. The molecule has 2 rings (SSSR count). The fraction of sp³-hybridized carbons (Fsp3) is 0.200. The highest BCUT2D eigenvalue weighted by molar-refractivity contribution is 5.96. The van der Waals surface area contributed by atoms with Crippen LogP contribution in [-0.2, 0) is 9.53 Å². The third kappa shape index (κ3) is 5.24. The lowest BCUT2D eigenvalue weighted by Gasteiger charge is -2.16. The van der Waals surface area contributed by atoms with Crippen LogP contribution in [0.15, 0.2) is 62.0 Å². The lowest BCUT2D eigenvalue weighted by molar-refractivity contribution is -0.118. The highest BCUT2D eigenvalue weighted by atomic mass is 16.6. The van der Waals surface area contributed by atoms with Gasteiger partial charge < -0.3 is 15.8 Å². The van der Waals surface area contributed by atoms with E-state index in [0.717, 1.165) is 0 Å². The first-order valence-corrected chi connectivity index (χ1v) is 8.38. The molecule has 2 atom stereocenters. The van der Waals surface area contributed by atoms with E-state index in [4.69, 9.17) is 10.5 Å². The van der Waals surface area contributed by atoms with Crippen molar-refractivity contribution in [3.63, 3.8) is 0 Å². The summed E-state index contributed by atoms with van der Waals surface area (Å²) in [6.07, 6.45) is 5.21. The first kappa shape index (κ1) is 19.8. The second-order valence-corrected chi connectivity index (χ2v) is 5.83. The highest BCUT2D eigenvalue weighted by Gasteiger charge is 2.18. The van der Waals surface area contributed by atoms with Crippen molar-refractivity contribution in [2.24, 2.45) is 11.7 Å². The Balaban J connectivity index is 2.39. The van der Waals surface area contributed by atoms with Gasteiger partial charge in [-0.05, 0) is 24.3 Å². The zero-order valence-corrected chi connectivity index (χ0v) is 15.1. The lowest BCUT2D eigenvalue weighted by atomic mass is 10.1. The number of hydrogen-bond donors (Lipinski definition) is 2. The van der Waals surface area contributed by atoms with Crippen molar-refractivity contribution in [2.75, 3.05) is 5.32 Å². The minimum atomic E-state index is -0.891. The Morgan fingerprint density at radius 1 is 1.30 bits per heavy atom. The summed E-state index contributed by atoms with van der Waals surface area (Å²) in [6, 6.07) is 6.99. The van der Waals surface area contributed by atoms with Crippen LogP contribution in [0.5, 0.6) is 0 Å². The molecule has 2 amide bonds. The molecule has 2 unspecified atom stereocenters. The van der Waals surface area contributed by atoms with Crippen LogP contribution in [0.4, 0.5) is 10.5 Å². The molecule has 0 saturated carbocycles. The molecule has 0 aromatic carbocycles. The number of carbonyl (C=O) groups excluding carboxylic acids is 2. The molecule has 0 fully saturated rings. The van der Waals surface area contributed by atoms with Gasteiger partial charge >= 0.3 is 6.09 Å². The van der Waals surface area contributed by atoms with Gasteiger partial charge in [-0.1, -0.05) is 19.1 Å². The summed E-state index contributed by atoms with van der Waals surface area (Å²) in [5, 5.41) is 2.85. The van der Waals surface area contributed by atoms with E-state index in [1.165, 1.54) is 0 Å². The van der Waals surface area contributed by atoms with E-state index in [2.05, 4.69) is 28.4 Å². The third-order valence-corrected chi connectivity index (χ3v) is 3.86.